The average Bonchev–Trinajstić information content (AvgIpc) is 2.70. The molecule has 0 unspecified atom stereocenters. The first-order chi connectivity index (χ1) is 13.4. The molecule has 1 fully saturated rings. The number of nitrogens with zero attached hydrogens (tertiary/aromatic N) is 1. The van der Waals surface area contributed by atoms with Gasteiger partial charge in [-0.25, -0.2) is 8.42 Å². The first-order valence-corrected chi connectivity index (χ1v) is 10.5. The van der Waals surface area contributed by atoms with E-state index in [1.165, 1.54) is 10.4 Å². The molecule has 6 nitrogen and oxygen atoms in total. The predicted octanol–water partition coefficient (Wildman–Crippen LogP) is 2.98. The molecule has 1 amide bonds. The van der Waals surface area contributed by atoms with E-state index in [0.29, 0.717) is 26.3 Å². The van der Waals surface area contributed by atoms with Crippen molar-refractivity contribution < 1.29 is 17.9 Å². The molecule has 0 saturated carbocycles. The monoisotopic (exact) mass is 400 g/mol. The summed E-state index contributed by atoms with van der Waals surface area (Å²) < 4.78 is 31.9. The van der Waals surface area contributed by atoms with Crippen LogP contribution < -0.4 is 5.32 Å². The zero-order chi connectivity index (χ0) is 20.1. The molecule has 2 aromatic rings. The van der Waals surface area contributed by atoms with Crippen molar-refractivity contribution in [3.63, 3.8) is 0 Å². The highest BCUT2D eigenvalue weighted by Gasteiger charge is 2.25. The number of nitrogens with one attached hydrogen (secondary N) is 1. The zero-order valence-electron chi connectivity index (χ0n) is 16.0. The van der Waals surface area contributed by atoms with Crippen molar-refractivity contribution >= 4 is 27.7 Å². The third kappa shape index (κ3) is 4.86. The fourth-order valence-corrected chi connectivity index (χ4v) is 4.31. The average molecular weight is 401 g/mol. The minimum atomic E-state index is -3.51. The van der Waals surface area contributed by atoms with E-state index in [0.717, 1.165) is 22.4 Å². The van der Waals surface area contributed by atoms with Gasteiger partial charge in [0.1, 0.15) is 0 Å². The Hall–Kier alpha value is -2.48. The first kappa shape index (κ1) is 20.3. The molecule has 1 N–H and O–H groups in total. The minimum absolute atomic E-state index is 0.237. The predicted molar refractivity (Wildman–Crippen MR) is 110 cm³/mol. The molecule has 1 saturated heterocycles. The second-order valence-electron chi connectivity index (χ2n) is 6.73. The Morgan fingerprint density at radius 2 is 1.75 bits per heavy atom. The Bertz CT molecular complexity index is 976. The number of ether oxygens (including phenoxy) is 1. The lowest BCUT2D eigenvalue weighted by molar-refractivity contribution is -0.111. The van der Waals surface area contributed by atoms with E-state index in [-0.39, 0.29) is 10.8 Å². The second kappa shape index (κ2) is 8.68. The van der Waals surface area contributed by atoms with Crippen molar-refractivity contribution in [1.29, 1.82) is 0 Å². The summed E-state index contributed by atoms with van der Waals surface area (Å²) in [6.45, 7) is 5.46. The maximum Gasteiger partial charge on any atom is 0.248 e. The van der Waals surface area contributed by atoms with Crippen molar-refractivity contribution in [2.24, 2.45) is 0 Å². The summed E-state index contributed by atoms with van der Waals surface area (Å²) in [6.07, 6.45) is 3.10. The topological polar surface area (TPSA) is 75.7 Å². The summed E-state index contributed by atoms with van der Waals surface area (Å²) >= 11 is 0. The number of benzene rings is 2. The fraction of sp³-hybridized carbons (Fsp3) is 0.286. The molecule has 28 heavy (non-hydrogen) atoms. The van der Waals surface area contributed by atoms with Crippen LogP contribution in [0.15, 0.2) is 53.4 Å². The van der Waals surface area contributed by atoms with Gasteiger partial charge in [0.05, 0.1) is 18.1 Å². The summed E-state index contributed by atoms with van der Waals surface area (Å²) in [5.41, 5.74) is 3.59. The minimum Gasteiger partial charge on any atom is -0.379 e. The summed E-state index contributed by atoms with van der Waals surface area (Å²) in [7, 11) is -3.51. The van der Waals surface area contributed by atoms with Crippen LogP contribution in [-0.2, 0) is 19.6 Å². The van der Waals surface area contributed by atoms with Crippen molar-refractivity contribution in [2.75, 3.05) is 31.6 Å². The highest BCUT2D eigenvalue weighted by Crippen LogP contribution is 2.19. The molecule has 0 atom stereocenters. The third-order valence-electron chi connectivity index (χ3n) is 4.57. The van der Waals surface area contributed by atoms with Crippen LogP contribution in [0.5, 0.6) is 0 Å². The fourth-order valence-electron chi connectivity index (χ4n) is 2.90. The van der Waals surface area contributed by atoms with Crippen molar-refractivity contribution in [2.45, 2.75) is 18.7 Å². The second-order valence-corrected chi connectivity index (χ2v) is 8.66. The van der Waals surface area contributed by atoms with Crippen LogP contribution in [0.3, 0.4) is 0 Å². The number of amides is 1. The van der Waals surface area contributed by atoms with Gasteiger partial charge in [0.25, 0.3) is 0 Å². The van der Waals surface area contributed by atoms with Crippen LogP contribution in [0.25, 0.3) is 6.08 Å². The molecule has 7 heteroatoms. The first-order valence-electron chi connectivity index (χ1n) is 9.10. The molecule has 3 rings (SSSR count). The third-order valence-corrected chi connectivity index (χ3v) is 6.48. The summed E-state index contributed by atoms with van der Waals surface area (Å²) in [5.74, 6) is -0.237. The van der Waals surface area contributed by atoms with Gasteiger partial charge in [-0.05, 0) is 54.8 Å². The van der Waals surface area contributed by atoms with Gasteiger partial charge in [-0.2, -0.15) is 4.31 Å². The van der Waals surface area contributed by atoms with Gasteiger partial charge in [0, 0.05) is 24.9 Å². The maximum absolute atomic E-state index is 12.6. The summed E-state index contributed by atoms with van der Waals surface area (Å²) in [6, 6.07) is 12.4. The van der Waals surface area contributed by atoms with Gasteiger partial charge in [0.15, 0.2) is 0 Å². The Morgan fingerprint density at radius 1 is 1.07 bits per heavy atom. The lowest BCUT2D eigenvalue weighted by Crippen LogP contribution is -2.40. The standard InChI is InChI=1S/C21H24N2O4S/c1-16-3-4-17(2)20(15-16)22-21(24)10-7-18-5-8-19(9-6-18)28(25,26)23-11-13-27-14-12-23/h3-10,15H,11-14H2,1-2H3,(H,22,24)/b10-7+. The van der Waals surface area contributed by atoms with E-state index in [1.807, 2.05) is 32.0 Å². The molecular weight excluding hydrogens is 376 g/mol. The van der Waals surface area contributed by atoms with E-state index >= 15 is 0 Å². The number of hydrogen-bond acceptors (Lipinski definition) is 4. The molecule has 2 aromatic carbocycles. The normalized spacial score (nSPS) is 15.6. The molecular formula is C21H24N2O4S. The molecule has 1 aliphatic heterocycles. The molecule has 0 aliphatic carbocycles. The molecule has 0 spiro atoms. The van der Waals surface area contributed by atoms with Gasteiger partial charge in [-0.15, -0.1) is 0 Å². The molecule has 0 bridgehead atoms. The van der Waals surface area contributed by atoms with Crippen molar-refractivity contribution in [3.05, 3.63) is 65.2 Å². The number of anilines is 1. The molecule has 1 aliphatic rings. The maximum atomic E-state index is 12.6. The van der Waals surface area contributed by atoms with Gasteiger partial charge in [0.2, 0.25) is 15.9 Å². The highest BCUT2D eigenvalue weighted by molar-refractivity contribution is 7.89. The number of sulfonamides is 1. The summed E-state index contributed by atoms with van der Waals surface area (Å²) in [4.78, 5) is 12.4. The molecule has 1 heterocycles. The smallest absolute Gasteiger partial charge is 0.248 e. The molecule has 148 valence electrons. The lowest BCUT2D eigenvalue weighted by atomic mass is 10.1. The van der Waals surface area contributed by atoms with Crippen molar-refractivity contribution in [1.82, 2.24) is 4.31 Å². The van der Waals surface area contributed by atoms with Crippen LogP contribution in [0.4, 0.5) is 5.69 Å². The van der Waals surface area contributed by atoms with Gasteiger partial charge in [-0.3, -0.25) is 4.79 Å². The van der Waals surface area contributed by atoms with Gasteiger partial charge >= 0.3 is 0 Å². The number of hydrogen-bond donors (Lipinski definition) is 1. The molecule has 0 aromatic heterocycles. The van der Waals surface area contributed by atoms with Crippen LogP contribution >= 0.6 is 0 Å². The number of aryl methyl sites for hydroxylation is 2. The number of carbonyl (C=O) groups excluding carboxylic acids is 1. The van der Waals surface area contributed by atoms with Crippen LogP contribution in [0.2, 0.25) is 0 Å². The van der Waals surface area contributed by atoms with E-state index in [2.05, 4.69) is 5.32 Å². The van der Waals surface area contributed by atoms with Crippen LogP contribution in [-0.4, -0.2) is 44.9 Å². The van der Waals surface area contributed by atoms with Crippen LogP contribution in [0.1, 0.15) is 16.7 Å². The Morgan fingerprint density at radius 3 is 2.43 bits per heavy atom. The number of morpholine rings is 1. The number of rotatable bonds is 5. The number of carbonyl (C=O) groups is 1. The van der Waals surface area contributed by atoms with Gasteiger partial charge < -0.3 is 10.1 Å². The largest absolute Gasteiger partial charge is 0.379 e. The van der Waals surface area contributed by atoms with E-state index < -0.39 is 10.0 Å². The Kier molecular flexibility index (Phi) is 6.28. The van der Waals surface area contributed by atoms with Gasteiger partial charge in [-0.1, -0.05) is 24.3 Å². The van der Waals surface area contributed by atoms with E-state index in [4.69, 9.17) is 4.74 Å². The molecule has 0 radical (unpaired) electrons. The SMILES string of the molecule is Cc1ccc(C)c(NC(=O)/C=C/c2ccc(S(=O)(=O)N3CCOCC3)cc2)c1. The Labute approximate surface area is 165 Å². The van der Waals surface area contributed by atoms with Crippen molar-refractivity contribution in [3.8, 4) is 0 Å². The summed E-state index contributed by atoms with van der Waals surface area (Å²) in [5, 5.41) is 2.86. The lowest BCUT2D eigenvalue weighted by Gasteiger charge is -2.26. The quantitative estimate of drug-likeness (QED) is 0.783. The van der Waals surface area contributed by atoms with Crippen LogP contribution in [0, 0.1) is 13.8 Å². The highest BCUT2D eigenvalue weighted by atomic mass is 32.2. The van der Waals surface area contributed by atoms with E-state index in [1.54, 1.807) is 30.3 Å². The zero-order valence-corrected chi connectivity index (χ0v) is 16.8. The van der Waals surface area contributed by atoms with E-state index in [9.17, 15) is 13.2 Å². The Balaban J connectivity index is 1.66.